The number of rotatable bonds is 9. The number of hydrogen-bond acceptors (Lipinski definition) is 12. The fourth-order valence-corrected chi connectivity index (χ4v) is 7.84. The summed E-state index contributed by atoms with van der Waals surface area (Å²) >= 11 is 0. The number of piperidine rings is 1. The molecule has 4 heterocycles. The third kappa shape index (κ3) is 6.88. The van der Waals surface area contributed by atoms with Gasteiger partial charge < -0.3 is 29.7 Å². The van der Waals surface area contributed by atoms with Crippen molar-refractivity contribution in [2.75, 3.05) is 82.3 Å². The molecule has 2 aliphatic heterocycles. The molecule has 2 N–H and O–H groups in total. The first-order valence-electron chi connectivity index (χ1n) is 15.6. The van der Waals surface area contributed by atoms with Crippen LogP contribution in [0, 0.1) is 0 Å². The second-order valence-corrected chi connectivity index (χ2v) is 15.4. The van der Waals surface area contributed by atoms with E-state index in [0.29, 0.717) is 40.0 Å². The minimum Gasteiger partial charge on any atom is -0.494 e. The summed E-state index contributed by atoms with van der Waals surface area (Å²) < 4.78 is 19.2. The zero-order valence-corrected chi connectivity index (χ0v) is 27.7. The molecule has 238 valence electrons. The van der Waals surface area contributed by atoms with Crippen LogP contribution in [0.25, 0.3) is 11.0 Å². The van der Waals surface area contributed by atoms with Crippen LogP contribution in [0.1, 0.15) is 25.3 Å². The molecule has 0 aliphatic carbocycles. The Morgan fingerprint density at radius 2 is 1.60 bits per heavy atom. The average molecular weight is 631 g/mol. The van der Waals surface area contributed by atoms with Gasteiger partial charge in [-0.3, -0.25) is 14.9 Å². The van der Waals surface area contributed by atoms with Gasteiger partial charge in [0.15, 0.2) is 0 Å². The van der Waals surface area contributed by atoms with Crippen LogP contribution in [0.4, 0.5) is 29.0 Å². The Morgan fingerprint density at radius 1 is 0.911 bits per heavy atom. The first kappa shape index (κ1) is 31.1. The van der Waals surface area contributed by atoms with Gasteiger partial charge in [-0.1, -0.05) is 6.92 Å². The highest BCUT2D eigenvalue weighted by Gasteiger charge is 2.28. The summed E-state index contributed by atoms with van der Waals surface area (Å²) in [5.74, 6) is 1.42. The molecule has 0 amide bonds. The molecule has 6 rings (SSSR count). The van der Waals surface area contributed by atoms with E-state index >= 15 is 0 Å². The van der Waals surface area contributed by atoms with Crippen molar-refractivity contribution < 1.29 is 9.30 Å². The molecule has 2 saturated heterocycles. The fourth-order valence-electron chi connectivity index (χ4n) is 6.44. The second kappa shape index (κ2) is 13.2. The van der Waals surface area contributed by atoms with Gasteiger partial charge in [0.05, 0.1) is 29.3 Å². The minimum atomic E-state index is -2.73. The predicted octanol–water partition coefficient (Wildman–Crippen LogP) is 4.34. The average Bonchev–Trinajstić information content (AvgIpc) is 3.04. The molecule has 2 fully saturated rings. The summed E-state index contributed by atoms with van der Waals surface area (Å²) in [7, 11) is 1.17. The summed E-state index contributed by atoms with van der Waals surface area (Å²) in [5.41, 5.74) is 5.17. The number of likely N-dealkylation sites (N-methyl/N-ethyl adjacent to an activating group) is 1. The predicted molar refractivity (Wildman–Crippen MR) is 182 cm³/mol. The third-order valence-corrected chi connectivity index (χ3v) is 10.4. The van der Waals surface area contributed by atoms with E-state index in [1.54, 1.807) is 32.8 Å². The van der Waals surface area contributed by atoms with E-state index in [4.69, 9.17) is 4.74 Å². The molecule has 2 aromatic heterocycles. The monoisotopic (exact) mass is 630 g/mol. The van der Waals surface area contributed by atoms with Crippen LogP contribution in [-0.2, 0) is 11.0 Å². The molecule has 0 radical (unpaired) electrons. The second-order valence-electron chi connectivity index (χ2n) is 12.2. The Labute approximate surface area is 265 Å². The lowest BCUT2D eigenvalue weighted by molar-refractivity contribution is 0.0982. The first-order valence-corrected chi connectivity index (χ1v) is 18.2. The molecule has 12 nitrogen and oxygen atoms in total. The van der Waals surface area contributed by atoms with Crippen molar-refractivity contribution in [3.8, 4) is 5.75 Å². The zero-order chi connectivity index (χ0) is 31.6. The Morgan fingerprint density at radius 3 is 2.27 bits per heavy atom. The lowest BCUT2D eigenvalue weighted by Crippen LogP contribution is -2.52. The van der Waals surface area contributed by atoms with Gasteiger partial charge in [0.25, 0.3) is 0 Å². The van der Waals surface area contributed by atoms with Gasteiger partial charge in [-0.05, 0) is 63.4 Å². The smallest absolute Gasteiger partial charge is 0.232 e. The Balaban J connectivity index is 1.20. The van der Waals surface area contributed by atoms with E-state index in [2.05, 4.69) is 76.4 Å². The highest BCUT2D eigenvalue weighted by molar-refractivity contribution is 7.71. The third-order valence-electron chi connectivity index (χ3n) is 8.86. The summed E-state index contributed by atoms with van der Waals surface area (Å²) in [6, 6.07) is 8.63. The maximum absolute atomic E-state index is 13.3. The number of aromatic nitrogens is 5. The van der Waals surface area contributed by atoms with Crippen molar-refractivity contribution in [1.82, 2.24) is 34.7 Å². The van der Waals surface area contributed by atoms with Crippen LogP contribution in [-0.4, -0.2) is 108 Å². The summed E-state index contributed by atoms with van der Waals surface area (Å²) in [5, 5.41) is 7.20. The summed E-state index contributed by atoms with van der Waals surface area (Å²) in [6.07, 6.45) is 7.91. The number of methoxy groups -OCH3 is 1. The van der Waals surface area contributed by atoms with Crippen LogP contribution in [0.3, 0.4) is 0 Å². The van der Waals surface area contributed by atoms with Gasteiger partial charge in [0.1, 0.15) is 24.7 Å². The van der Waals surface area contributed by atoms with Crippen LogP contribution < -0.4 is 25.6 Å². The van der Waals surface area contributed by atoms with Crippen LogP contribution in [0.2, 0.25) is 0 Å². The number of anilines is 5. The highest BCUT2D eigenvalue weighted by atomic mass is 31.2. The maximum Gasteiger partial charge on any atom is 0.232 e. The van der Waals surface area contributed by atoms with Gasteiger partial charge in [-0.2, -0.15) is 4.98 Å². The van der Waals surface area contributed by atoms with Gasteiger partial charge in [0.2, 0.25) is 11.9 Å². The highest BCUT2D eigenvalue weighted by Crippen LogP contribution is 2.41. The molecule has 45 heavy (non-hydrogen) atoms. The van der Waals surface area contributed by atoms with E-state index in [0.717, 1.165) is 44.0 Å². The van der Waals surface area contributed by atoms with Crippen LogP contribution >= 0.6 is 7.14 Å². The molecule has 0 bridgehead atoms. The molecular weight excluding hydrogens is 587 g/mol. The molecule has 0 saturated carbocycles. The van der Waals surface area contributed by atoms with Gasteiger partial charge >= 0.3 is 0 Å². The van der Waals surface area contributed by atoms with E-state index in [9.17, 15) is 4.57 Å². The number of fused-ring (bicyclic) bond motifs is 1. The largest absolute Gasteiger partial charge is 0.494 e. The SMILES string of the molecule is CCc1cc(Nc2ncnc(Nc3ccc4nccnc4c3P(C)(C)=O)n2)c(OC)cc1N1CCC(N2CCN(C)CC2)CC1. The molecule has 4 aromatic rings. The van der Waals surface area contributed by atoms with Crippen molar-refractivity contribution in [3.63, 3.8) is 0 Å². The number of nitrogens with zero attached hydrogens (tertiary/aromatic N) is 8. The lowest BCUT2D eigenvalue weighted by atomic mass is 9.99. The van der Waals surface area contributed by atoms with E-state index in [-0.39, 0.29) is 0 Å². The van der Waals surface area contributed by atoms with Crippen molar-refractivity contribution in [1.29, 1.82) is 0 Å². The Kier molecular flexibility index (Phi) is 9.16. The number of aryl methyl sites for hydroxylation is 1. The Hall–Kier alpha value is -3.86. The quantitative estimate of drug-likeness (QED) is 0.256. The first-order chi connectivity index (χ1) is 21.7. The van der Waals surface area contributed by atoms with Crippen molar-refractivity contribution in [3.05, 3.63) is 48.5 Å². The molecule has 0 unspecified atom stereocenters. The van der Waals surface area contributed by atoms with Crippen LogP contribution in [0.15, 0.2) is 43.0 Å². The number of nitrogens with one attached hydrogen (secondary N) is 2. The standard InChI is InChI=1S/C32H43N10O2P/c1-6-22-19-26(28(44-3)20-27(22)42-13-9-23(10-14-42)41-17-15-40(2)16-18-41)38-32-36-21-35-31(39-32)37-25-8-7-24-29(34-12-11-33-24)30(25)45(4,5)43/h7-8,11-12,19-21,23H,6,9-10,13-18H2,1-5H3,(H2,35,36,37,38,39). The van der Waals surface area contributed by atoms with Crippen LogP contribution in [0.5, 0.6) is 5.75 Å². The fraction of sp³-hybridized carbons (Fsp3) is 0.469. The minimum absolute atomic E-state index is 0.319. The molecule has 0 spiro atoms. The maximum atomic E-state index is 13.3. The molecule has 0 atom stereocenters. The van der Waals surface area contributed by atoms with Crippen molar-refractivity contribution in [2.24, 2.45) is 0 Å². The number of ether oxygens (including phenoxy) is 1. The molecule has 13 heteroatoms. The van der Waals surface area contributed by atoms with Gasteiger partial charge in [-0.25, -0.2) is 9.97 Å². The molecule has 2 aliphatic rings. The number of benzene rings is 2. The van der Waals surface area contributed by atoms with E-state index in [1.807, 2.05) is 12.1 Å². The topological polar surface area (TPSA) is 125 Å². The van der Waals surface area contributed by atoms with Gasteiger partial charge in [-0.15, -0.1) is 0 Å². The zero-order valence-electron chi connectivity index (χ0n) is 26.8. The number of hydrogen-bond donors (Lipinski definition) is 2. The molecule has 2 aromatic carbocycles. The Bertz CT molecular complexity index is 1700. The van der Waals surface area contributed by atoms with Crippen molar-refractivity contribution in [2.45, 2.75) is 32.2 Å². The summed E-state index contributed by atoms with van der Waals surface area (Å²) in [6.45, 7) is 12.3. The number of piperazine rings is 1. The summed E-state index contributed by atoms with van der Waals surface area (Å²) in [4.78, 5) is 29.8. The van der Waals surface area contributed by atoms with Gasteiger partial charge in [0, 0.05) is 69.5 Å². The normalized spacial score (nSPS) is 17.0. The van der Waals surface area contributed by atoms with Crippen molar-refractivity contribution >= 4 is 52.4 Å². The lowest BCUT2D eigenvalue weighted by Gasteiger charge is -2.43. The molecular formula is C32H43N10O2P. The van der Waals surface area contributed by atoms with E-state index in [1.165, 1.54) is 43.5 Å². The van der Waals surface area contributed by atoms with E-state index < -0.39 is 7.14 Å².